The lowest BCUT2D eigenvalue weighted by Crippen LogP contribution is -2.31. The van der Waals surface area contributed by atoms with Crippen LogP contribution in [0, 0.1) is 0 Å². The average Bonchev–Trinajstić information content (AvgIpc) is 2.55. The van der Waals surface area contributed by atoms with Crippen molar-refractivity contribution in [3.05, 3.63) is 40.7 Å². The zero-order chi connectivity index (χ0) is 19.6. The molecule has 0 aliphatic heterocycles. The standard InChI is InChI=1S/C19H23NO6/c1-7-8-20-12-10-14(25-6)13(24-5)9-11(12)16(21)15(17(20)22)18(23)26-19(2,3)4/h7,9-10,21H,1,8H2,2-6H3. The van der Waals surface area contributed by atoms with Crippen LogP contribution in [0.4, 0.5) is 0 Å². The van der Waals surface area contributed by atoms with Crippen molar-refractivity contribution >= 4 is 16.9 Å². The second kappa shape index (κ2) is 7.11. The number of carbonyl (C=O) groups is 1. The van der Waals surface area contributed by atoms with Crippen LogP contribution < -0.4 is 15.0 Å². The van der Waals surface area contributed by atoms with Gasteiger partial charge in [0.25, 0.3) is 5.56 Å². The zero-order valence-corrected chi connectivity index (χ0v) is 15.6. The molecule has 0 amide bonds. The van der Waals surface area contributed by atoms with Crippen LogP contribution in [0.25, 0.3) is 10.9 Å². The van der Waals surface area contributed by atoms with Crippen molar-refractivity contribution in [3.8, 4) is 17.2 Å². The van der Waals surface area contributed by atoms with Gasteiger partial charge in [-0.2, -0.15) is 0 Å². The molecule has 1 aromatic heterocycles. The summed E-state index contributed by atoms with van der Waals surface area (Å²) >= 11 is 0. The van der Waals surface area contributed by atoms with Gasteiger partial charge in [-0.25, -0.2) is 4.79 Å². The number of hydrogen-bond donors (Lipinski definition) is 1. The molecule has 0 aliphatic carbocycles. The van der Waals surface area contributed by atoms with Crippen molar-refractivity contribution in [2.45, 2.75) is 32.9 Å². The largest absolute Gasteiger partial charge is 0.506 e. The number of esters is 1. The fraction of sp³-hybridized carbons (Fsp3) is 0.368. The number of aromatic nitrogens is 1. The second-order valence-electron chi connectivity index (χ2n) is 6.65. The summed E-state index contributed by atoms with van der Waals surface area (Å²) in [5.74, 6) is -0.606. The van der Waals surface area contributed by atoms with E-state index < -0.39 is 28.4 Å². The number of carbonyl (C=O) groups excluding carboxylic acids is 1. The Labute approximate surface area is 151 Å². The van der Waals surface area contributed by atoms with Gasteiger partial charge in [-0.3, -0.25) is 4.79 Å². The fourth-order valence-corrected chi connectivity index (χ4v) is 2.59. The lowest BCUT2D eigenvalue weighted by atomic mass is 10.1. The Morgan fingerprint density at radius 1 is 1.23 bits per heavy atom. The fourth-order valence-electron chi connectivity index (χ4n) is 2.59. The normalized spacial score (nSPS) is 11.3. The summed E-state index contributed by atoms with van der Waals surface area (Å²) in [5, 5.41) is 10.9. The average molecular weight is 361 g/mol. The Hall–Kier alpha value is -2.96. The van der Waals surface area contributed by atoms with Gasteiger partial charge in [-0.05, 0) is 26.8 Å². The highest BCUT2D eigenvalue weighted by Gasteiger charge is 2.27. The molecular formula is C19H23NO6. The summed E-state index contributed by atoms with van der Waals surface area (Å²) in [4.78, 5) is 25.4. The number of hydrogen-bond acceptors (Lipinski definition) is 6. The molecule has 7 heteroatoms. The van der Waals surface area contributed by atoms with Gasteiger partial charge in [0.05, 0.1) is 19.7 Å². The first kappa shape index (κ1) is 19.4. The van der Waals surface area contributed by atoms with Gasteiger partial charge in [0.1, 0.15) is 11.4 Å². The highest BCUT2D eigenvalue weighted by molar-refractivity contribution is 6.00. The molecule has 0 atom stereocenters. The highest BCUT2D eigenvalue weighted by Crippen LogP contribution is 2.36. The van der Waals surface area contributed by atoms with Gasteiger partial charge in [0, 0.05) is 18.0 Å². The number of methoxy groups -OCH3 is 2. The van der Waals surface area contributed by atoms with E-state index in [2.05, 4.69) is 6.58 Å². The van der Waals surface area contributed by atoms with E-state index in [9.17, 15) is 14.7 Å². The van der Waals surface area contributed by atoms with Crippen molar-refractivity contribution < 1.29 is 24.1 Å². The SMILES string of the molecule is C=CCn1c(=O)c(C(=O)OC(C)(C)C)c(O)c2cc(OC)c(OC)cc21. The van der Waals surface area contributed by atoms with E-state index >= 15 is 0 Å². The van der Waals surface area contributed by atoms with Crippen LogP contribution in [0.5, 0.6) is 17.2 Å². The van der Waals surface area contributed by atoms with Crippen LogP contribution >= 0.6 is 0 Å². The zero-order valence-electron chi connectivity index (χ0n) is 15.6. The van der Waals surface area contributed by atoms with E-state index in [1.54, 1.807) is 26.8 Å². The van der Waals surface area contributed by atoms with E-state index in [1.165, 1.54) is 30.9 Å². The monoisotopic (exact) mass is 361 g/mol. The predicted molar refractivity (Wildman–Crippen MR) is 98.3 cm³/mol. The van der Waals surface area contributed by atoms with Gasteiger partial charge < -0.3 is 23.9 Å². The molecule has 0 fully saturated rings. The third-order valence-electron chi connectivity index (χ3n) is 3.66. The Morgan fingerprint density at radius 3 is 2.31 bits per heavy atom. The molecule has 140 valence electrons. The molecule has 0 unspecified atom stereocenters. The number of rotatable bonds is 5. The number of ether oxygens (including phenoxy) is 3. The molecule has 1 heterocycles. The maximum Gasteiger partial charge on any atom is 0.348 e. The van der Waals surface area contributed by atoms with E-state index in [0.29, 0.717) is 17.0 Å². The number of benzene rings is 1. The number of fused-ring (bicyclic) bond motifs is 1. The van der Waals surface area contributed by atoms with E-state index in [-0.39, 0.29) is 11.9 Å². The summed E-state index contributed by atoms with van der Waals surface area (Å²) in [6.07, 6.45) is 1.52. The molecule has 1 N–H and O–H groups in total. The van der Waals surface area contributed by atoms with Crippen molar-refractivity contribution in [2.24, 2.45) is 0 Å². The quantitative estimate of drug-likeness (QED) is 0.651. The Bertz CT molecular complexity index is 920. The maximum atomic E-state index is 12.9. The number of allylic oxidation sites excluding steroid dienone is 1. The topological polar surface area (TPSA) is 87.0 Å². The molecule has 1 aromatic carbocycles. The number of nitrogens with zero attached hydrogens (tertiary/aromatic N) is 1. The van der Waals surface area contributed by atoms with Crippen molar-refractivity contribution in [3.63, 3.8) is 0 Å². The van der Waals surface area contributed by atoms with Gasteiger partial charge in [-0.15, -0.1) is 6.58 Å². The minimum atomic E-state index is -0.894. The number of aromatic hydroxyl groups is 1. The molecule has 2 aromatic rings. The van der Waals surface area contributed by atoms with Crippen LogP contribution in [0.1, 0.15) is 31.1 Å². The molecule has 7 nitrogen and oxygen atoms in total. The summed E-state index contributed by atoms with van der Waals surface area (Å²) < 4.78 is 17.1. The lowest BCUT2D eigenvalue weighted by Gasteiger charge is -2.21. The first-order valence-electron chi connectivity index (χ1n) is 8.00. The van der Waals surface area contributed by atoms with E-state index in [1.807, 2.05) is 0 Å². The summed E-state index contributed by atoms with van der Waals surface area (Å²) in [6.45, 7) is 8.82. The van der Waals surface area contributed by atoms with Crippen LogP contribution in [0.2, 0.25) is 0 Å². The molecular weight excluding hydrogens is 338 g/mol. The summed E-state index contributed by atoms with van der Waals surface area (Å²) in [6, 6.07) is 3.08. The van der Waals surface area contributed by atoms with Crippen LogP contribution in [0.3, 0.4) is 0 Å². The van der Waals surface area contributed by atoms with Crippen LogP contribution in [-0.4, -0.2) is 35.5 Å². The minimum Gasteiger partial charge on any atom is -0.506 e. The van der Waals surface area contributed by atoms with Crippen molar-refractivity contribution in [1.29, 1.82) is 0 Å². The first-order valence-corrected chi connectivity index (χ1v) is 8.00. The number of pyridine rings is 1. The van der Waals surface area contributed by atoms with Gasteiger partial charge >= 0.3 is 5.97 Å². The van der Waals surface area contributed by atoms with E-state index in [0.717, 1.165) is 0 Å². The Morgan fingerprint density at radius 2 is 1.81 bits per heavy atom. The Balaban J connectivity index is 2.89. The lowest BCUT2D eigenvalue weighted by molar-refractivity contribution is 0.00644. The molecule has 0 saturated carbocycles. The van der Waals surface area contributed by atoms with Crippen LogP contribution in [0.15, 0.2) is 29.6 Å². The highest BCUT2D eigenvalue weighted by atomic mass is 16.6. The van der Waals surface area contributed by atoms with Crippen molar-refractivity contribution in [2.75, 3.05) is 14.2 Å². The molecule has 26 heavy (non-hydrogen) atoms. The smallest absolute Gasteiger partial charge is 0.348 e. The minimum absolute atomic E-state index is 0.140. The molecule has 0 saturated heterocycles. The second-order valence-corrected chi connectivity index (χ2v) is 6.65. The first-order chi connectivity index (χ1) is 12.1. The van der Waals surface area contributed by atoms with Gasteiger partial charge in [0.15, 0.2) is 17.1 Å². The molecule has 0 spiro atoms. The van der Waals surface area contributed by atoms with Gasteiger partial charge in [-0.1, -0.05) is 6.08 Å². The van der Waals surface area contributed by atoms with E-state index in [4.69, 9.17) is 14.2 Å². The Kier molecular flexibility index (Phi) is 5.30. The molecule has 2 rings (SSSR count). The third-order valence-corrected chi connectivity index (χ3v) is 3.66. The van der Waals surface area contributed by atoms with Crippen LogP contribution in [-0.2, 0) is 11.3 Å². The van der Waals surface area contributed by atoms with Crippen molar-refractivity contribution in [1.82, 2.24) is 4.57 Å². The van der Waals surface area contributed by atoms with Gasteiger partial charge in [0.2, 0.25) is 0 Å². The predicted octanol–water partition coefficient (Wildman–Crippen LogP) is 2.87. The molecule has 0 aliphatic rings. The molecule has 0 radical (unpaired) electrons. The summed E-state index contributed by atoms with van der Waals surface area (Å²) in [7, 11) is 2.92. The third kappa shape index (κ3) is 3.51. The molecule has 0 bridgehead atoms. The maximum absolute atomic E-state index is 12.9. The summed E-state index contributed by atoms with van der Waals surface area (Å²) in [5.41, 5.74) is -1.53.